The van der Waals surface area contributed by atoms with Crippen molar-refractivity contribution in [3.63, 3.8) is 0 Å². The first-order valence-corrected chi connectivity index (χ1v) is 9.47. The van der Waals surface area contributed by atoms with Crippen molar-refractivity contribution in [1.82, 2.24) is 10.7 Å². The van der Waals surface area contributed by atoms with Gasteiger partial charge in [0, 0.05) is 11.6 Å². The van der Waals surface area contributed by atoms with Crippen LogP contribution < -0.4 is 15.5 Å². The number of amides is 2. The largest absolute Gasteiger partial charge is 0.488 e. The third kappa shape index (κ3) is 5.41. The average Bonchev–Trinajstić information content (AvgIpc) is 2.73. The van der Waals surface area contributed by atoms with Crippen LogP contribution in [-0.2, 0) is 16.2 Å². The molecule has 0 bridgehead atoms. The van der Waals surface area contributed by atoms with Gasteiger partial charge in [-0.1, -0.05) is 42.5 Å². The minimum absolute atomic E-state index is 0.156. The molecule has 0 atom stereocenters. The summed E-state index contributed by atoms with van der Waals surface area (Å²) in [4.78, 5) is 23.6. The zero-order valence-electron chi connectivity index (χ0n) is 16.7. The third-order valence-electron chi connectivity index (χ3n) is 4.22. The summed E-state index contributed by atoms with van der Waals surface area (Å²) in [5.74, 6) is -1.38. The molecule has 2 amide bonds. The Balaban J connectivity index is 1.81. The lowest BCUT2D eigenvalue weighted by molar-refractivity contribution is -0.139. The fraction of sp³-hybridized carbons (Fsp3) is 0.174. The van der Waals surface area contributed by atoms with E-state index in [0.717, 1.165) is 16.3 Å². The maximum absolute atomic E-state index is 13.1. The predicted octanol–water partition coefficient (Wildman–Crippen LogP) is 3.53. The number of carbonyl (C=O) groups is 2. The first kappa shape index (κ1) is 21.0. The molecule has 0 spiro atoms. The van der Waals surface area contributed by atoms with Crippen LogP contribution in [0.15, 0.2) is 65.8 Å². The number of hydrazone groups is 1. The zero-order chi connectivity index (χ0) is 21.5. The molecule has 3 aromatic carbocycles. The van der Waals surface area contributed by atoms with E-state index in [4.69, 9.17) is 4.74 Å². The first-order valence-electron chi connectivity index (χ1n) is 9.47. The Hall–Kier alpha value is -3.74. The quantitative estimate of drug-likeness (QED) is 0.373. The van der Waals surface area contributed by atoms with Crippen molar-refractivity contribution in [2.75, 3.05) is 0 Å². The van der Waals surface area contributed by atoms with Crippen molar-refractivity contribution < 1.29 is 18.7 Å². The van der Waals surface area contributed by atoms with E-state index in [-0.39, 0.29) is 18.5 Å². The summed E-state index contributed by atoms with van der Waals surface area (Å²) in [6.45, 7) is 3.76. The summed E-state index contributed by atoms with van der Waals surface area (Å²) >= 11 is 0. The third-order valence-corrected chi connectivity index (χ3v) is 4.22. The summed E-state index contributed by atoms with van der Waals surface area (Å²) < 4.78 is 19.0. The summed E-state index contributed by atoms with van der Waals surface area (Å²) in [7, 11) is 0. The Kier molecular flexibility index (Phi) is 6.75. The molecule has 0 radical (unpaired) electrons. The van der Waals surface area contributed by atoms with E-state index in [0.29, 0.717) is 11.3 Å². The minimum atomic E-state index is -0.853. The smallest absolute Gasteiger partial charge is 0.329 e. The molecule has 2 N–H and O–H groups in total. The van der Waals surface area contributed by atoms with Crippen LogP contribution in [0.4, 0.5) is 4.39 Å². The monoisotopic (exact) mass is 407 g/mol. The van der Waals surface area contributed by atoms with Gasteiger partial charge in [0.05, 0.1) is 6.21 Å². The molecule has 0 unspecified atom stereocenters. The van der Waals surface area contributed by atoms with Crippen molar-refractivity contribution >= 4 is 28.8 Å². The summed E-state index contributed by atoms with van der Waals surface area (Å²) in [5, 5.41) is 8.27. The van der Waals surface area contributed by atoms with Gasteiger partial charge in [-0.25, -0.2) is 9.82 Å². The van der Waals surface area contributed by atoms with Crippen molar-refractivity contribution in [2.45, 2.75) is 26.5 Å². The lowest BCUT2D eigenvalue weighted by atomic mass is 10.0. The standard InChI is InChI=1S/C23H22FN3O3/c1-15(2)26-22(28)23(29)27-25-13-20-19-6-4-3-5-17(19)9-12-21(20)30-14-16-7-10-18(24)11-8-16/h3-13,15H,14H2,1-2H3,(H,26,28)(H,27,29)/b25-13-. The molecule has 0 heterocycles. The van der Waals surface area contributed by atoms with Crippen LogP contribution in [0.25, 0.3) is 10.8 Å². The molecule has 0 fully saturated rings. The number of nitrogens with zero attached hydrogens (tertiary/aromatic N) is 1. The fourth-order valence-corrected chi connectivity index (χ4v) is 2.81. The van der Waals surface area contributed by atoms with Crippen LogP contribution in [-0.4, -0.2) is 24.1 Å². The Labute approximate surface area is 173 Å². The molecule has 0 aliphatic carbocycles. The molecular formula is C23H22FN3O3. The molecule has 3 aromatic rings. The first-order chi connectivity index (χ1) is 14.4. The highest BCUT2D eigenvalue weighted by Crippen LogP contribution is 2.27. The second-order valence-electron chi connectivity index (χ2n) is 6.94. The van der Waals surface area contributed by atoms with Gasteiger partial charge in [-0.2, -0.15) is 5.10 Å². The summed E-state index contributed by atoms with van der Waals surface area (Å²) in [5.41, 5.74) is 3.69. The van der Waals surface area contributed by atoms with Crippen LogP contribution in [0.3, 0.4) is 0 Å². The number of fused-ring (bicyclic) bond motifs is 1. The van der Waals surface area contributed by atoms with Crippen molar-refractivity contribution in [1.29, 1.82) is 0 Å². The van der Waals surface area contributed by atoms with Gasteiger partial charge in [0.2, 0.25) is 0 Å². The minimum Gasteiger partial charge on any atom is -0.488 e. The summed E-state index contributed by atoms with van der Waals surface area (Å²) in [6.07, 6.45) is 1.45. The van der Waals surface area contributed by atoms with Gasteiger partial charge in [0.15, 0.2) is 0 Å². The van der Waals surface area contributed by atoms with Crippen LogP contribution in [0.5, 0.6) is 5.75 Å². The van der Waals surface area contributed by atoms with Crippen LogP contribution >= 0.6 is 0 Å². The molecule has 30 heavy (non-hydrogen) atoms. The number of hydrogen-bond acceptors (Lipinski definition) is 4. The van der Waals surface area contributed by atoms with Gasteiger partial charge in [-0.05, 0) is 48.4 Å². The number of halogens is 1. The normalized spacial score (nSPS) is 11.1. The summed E-state index contributed by atoms with van der Waals surface area (Å²) in [6, 6.07) is 17.3. The average molecular weight is 407 g/mol. The second kappa shape index (κ2) is 9.65. The lowest BCUT2D eigenvalue weighted by Crippen LogP contribution is -2.41. The molecule has 154 valence electrons. The van der Waals surface area contributed by atoms with Gasteiger partial charge < -0.3 is 10.1 Å². The Morgan fingerprint density at radius 1 is 1.03 bits per heavy atom. The Morgan fingerprint density at radius 3 is 2.50 bits per heavy atom. The number of carbonyl (C=O) groups excluding carboxylic acids is 2. The maximum atomic E-state index is 13.1. The molecule has 0 saturated carbocycles. The molecular weight excluding hydrogens is 385 g/mol. The molecule has 6 nitrogen and oxygen atoms in total. The van der Waals surface area contributed by atoms with Crippen molar-refractivity contribution in [2.24, 2.45) is 5.10 Å². The van der Waals surface area contributed by atoms with Crippen LogP contribution in [0, 0.1) is 5.82 Å². The molecule has 0 aliphatic rings. The predicted molar refractivity (Wildman–Crippen MR) is 114 cm³/mol. The van der Waals surface area contributed by atoms with E-state index in [9.17, 15) is 14.0 Å². The highest BCUT2D eigenvalue weighted by Gasteiger charge is 2.13. The number of rotatable bonds is 6. The van der Waals surface area contributed by atoms with Gasteiger partial charge in [-0.15, -0.1) is 0 Å². The van der Waals surface area contributed by atoms with E-state index in [1.807, 2.05) is 30.3 Å². The van der Waals surface area contributed by atoms with Gasteiger partial charge in [0.25, 0.3) is 0 Å². The Morgan fingerprint density at radius 2 is 1.77 bits per heavy atom. The van der Waals surface area contributed by atoms with Crippen LogP contribution in [0.1, 0.15) is 25.0 Å². The fourth-order valence-electron chi connectivity index (χ4n) is 2.81. The zero-order valence-corrected chi connectivity index (χ0v) is 16.7. The van der Waals surface area contributed by atoms with E-state index in [2.05, 4.69) is 15.8 Å². The van der Waals surface area contributed by atoms with Crippen molar-refractivity contribution in [3.05, 3.63) is 77.6 Å². The van der Waals surface area contributed by atoms with Gasteiger partial charge in [-0.3, -0.25) is 9.59 Å². The van der Waals surface area contributed by atoms with Crippen molar-refractivity contribution in [3.8, 4) is 5.75 Å². The SMILES string of the molecule is CC(C)NC(=O)C(=O)N/N=C\c1c(OCc2ccc(F)cc2)ccc2ccccc12. The van der Waals surface area contributed by atoms with Gasteiger partial charge >= 0.3 is 11.8 Å². The lowest BCUT2D eigenvalue weighted by Gasteiger charge is -2.12. The van der Waals surface area contributed by atoms with E-state index < -0.39 is 11.8 Å². The number of ether oxygens (including phenoxy) is 1. The van der Waals surface area contributed by atoms with E-state index in [1.165, 1.54) is 18.3 Å². The highest BCUT2D eigenvalue weighted by molar-refractivity contribution is 6.35. The number of benzene rings is 3. The number of hydrogen-bond donors (Lipinski definition) is 2. The number of nitrogens with one attached hydrogen (secondary N) is 2. The second-order valence-corrected chi connectivity index (χ2v) is 6.94. The highest BCUT2D eigenvalue weighted by atomic mass is 19.1. The topological polar surface area (TPSA) is 79.8 Å². The molecule has 0 saturated heterocycles. The molecule has 0 aliphatic heterocycles. The molecule has 3 rings (SSSR count). The Bertz CT molecular complexity index is 1080. The molecule has 7 heteroatoms. The van der Waals surface area contributed by atoms with Gasteiger partial charge in [0.1, 0.15) is 18.2 Å². The molecule has 0 aromatic heterocycles. The van der Waals surface area contributed by atoms with Crippen LogP contribution in [0.2, 0.25) is 0 Å². The van der Waals surface area contributed by atoms with E-state index in [1.54, 1.807) is 32.0 Å². The van der Waals surface area contributed by atoms with E-state index >= 15 is 0 Å². The maximum Gasteiger partial charge on any atom is 0.329 e.